The second kappa shape index (κ2) is 16.2. The summed E-state index contributed by atoms with van der Waals surface area (Å²) in [4.78, 5) is 31.0. The molecule has 0 spiro atoms. The Labute approximate surface area is 253 Å². The van der Waals surface area contributed by atoms with Crippen molar-refractivity contribution in [2.75, 3.05) is 80.9 Å². The summed E-state index contributed by atoms with van der Waals surface area (Å²) in [5.41, 5.74) is 0.699. The van der Waals surface area contributed by atoms with Crippen molar-refractivity contribution in [1.82, 2.24) is 9.80 Å². The van der Waals surface area contributed by atoms with Crippen molar-refractivity contribution in [1.29, 1.82) is 0 Å². The van der Waals surface area contributed by atoms with E-state index in [1.54, 1.807) is 44.6 Å². The number of hydrogen-bond donors (Lipinski definition) is 0. The van der Waals surface area contributed by atoms with E-state index in [1.165, 1.54) is 14.2 Å². The van der Waals surface area contributed by atoms with Gasteiger partial charge in [-0.05, 0) is 69.5 Å². The molecule has 3 unspecified atom stereocenters. The van der Waals surface area contributed by atoms with Crippen LogP contribution in [0, 0.1) is 0 Å². The van der Waals surface area contributed by atoms with Crippen molar-refractivity contribution >= 4 is 11.9 Å². The van der Waals surface area contributed by atoms with Gasteiger partial charge in [0.25, 0.3) is 0 Å². The van der Waals surface area contributed by atoms with Gasteiger partial charge in [-0.2, -0.15) is 0 Å². The standard InChI is InChI=1S/C32H44N2O9/c1-37-26-18-23(19-27(22-26)38-2)32(36)43-25-8-5-16-41-29-21-24(20-28(39-3)30(29)40-4)31(35)42-17-7-12-33-10-6-11-34(13-9-25)15-14-33/h18-22,25H,5-17H2,1-4H3. The highest BCUT2D eigenvalue weighted by Gasteiger charge is 2.23. The van der Waals surface area contributed by atoms with Gasteiger partial charge in [-0.15, -0.1) is 0 Å². The predicted octanol–water partition coefficient (Wildman–Crippen LogP) is 4.06. The summed E-state index contributed by atoms with van der Waals surface area (Å²) in [6.45, 7) is 6.17. The Kier molecular flexibility index (Phi) is 12.2. The second-order valence-electron chi connectivity index (χ2n) is 10.6. The Morgan fingerprint density at radius 3 is 2.07 bits per heavy atom. The molecule has 2 aliphatic heterocycles. The highest BCUT2D eigenvalue weighted by molar-refractivity contribution is 5.91. The van der Waals surface area contributed by atoms with Crippen molar-refractivity contribution in [2.45, 2.75) is 38.2 Å². The zero-order valence-electron chi connectivity index (χ0n) is 25.7. The highest BCUT2D eigenvalue weighted by atomic mass is 16.6. The van der Waals surface area contributed by atoms with E-state index in [0.29, 0.717) is 72.4 Å². The minimum Gasteiger partial charge on any atom is -0.497 e. The molecule has 3 atom stereocenters. The Hall–Kier alpha value is -3.70. The summed E-state index contributed by atoms with van der Waals surface area (Å²) in [7, 11) is 6.12. The highest BCUT2D eigenvalue weighted by Crippen LogP contribution is 2.39. The first-order valence-electron chi connectivity index (χ1n) is 14.9. The Morgan fingerprint density at radius 1 is 0.721 bits per heavy atom. The van der Waals surface area contributed by atoms with Gasteiger partial charge >= 0.3 is 11.9 Å². The number of ether oxygens (including phenoxy) is 7. The van der Waals surface area contributed by atoms with Crippen LogP contribution in [0.4, 0.5) is 0 Å². The van der Waals surface area contributed by atoms with Gasteiger partial charge in [0.2, 0.25) is 5.75 Å². The topological polar surface area (TPSA) is 105 Å². The summed E-state index contributed by atoms with van der Waals surface area (Å²) in [5.74, 6) is 1.33. The fourth-order valence-electron chi connectivity index (χ4n) is 5.39. The average molecular weight is 601 g/mol. The molecule has 1 fully saturated rings. The van der Waals surface area contributed by atoms with Crippen molar-refractivity contribution in [3.63, 3.8) is 0 Å². The van der Waals surface area contributed by atoms with E-state index in [-0.39, 0.29) is 6.10 Å². The van der Waals surface area contributed by atoms with Gasteiger partial charge in [0, 0.05) is 32.2 Å². The minimum atomic E-state index is -0.438. The van der Waals surface area contributed by atoms with Crippen LogP contribution in [0.25, 0.3) is 0 Å². The molecule has 236 valence electrons. The molecule has 2 aromatic carbocycles. The van der Waals surface area contributed by atoms with Gasteiger partial charge in [0.15, 0.2) is 11.5 Å². The third-order valence-corrected chi connectivity index (χ3v) is 7.77. The second-order valence-corrected chi connectivity index (χ2v) is 10.6. The smallest absolute Gasteiger partial charge is 0.338 e. The van der Waals surface area contributed by atoms with Crippen LogP contribution in [-0.4, -0.2) is 109 Å². The molecule has 0 radical (unpaired) electrons. The summed E-state index contributed by atoms with van der Waals surface area (Å²) < 4.78 is 39.4. The fourth-order valence-corrected chi connectivity index (χ4v) is 5.39. The number of benzene rings is 2. The molecule has 4 bridgehead atoms. The van der Waals surface area contributed by atoms with E-state index in [2.05, 4.69) is 9.80 Å². The molecule has 43 heavy (non-hydrogen) atoms. The zero-order chi connectivity index (χ0) is 30.6. The van der Waals surface area contributed by atoms with Gasteiger partial charge in [-0.1, -0.05) is 0 Å². The van der Waals surface area contributed by atoms with E-state index in [1.807, 2.05) is 0 Å². The number of hydrogen-bond acceptors (Lipinski definition) is 11. The number of carbonyl (C=O) groups is 2. The SMILES string of the molecule is COc1cc(OC)cc(C(=O)OC2CCCOc3cc(cc(OC)c3OC)C(=O)OCCCN3CCCN(CC2)CC3)c1. The monoisotopic (exact) mass is 600 g/mol. The van der Waals surface area contributed by atoms with E-state index < -0.39 is 11.9 Å². The molecule has 0 N–H and O–H groups in total. The predicted molar refractivity (Wildman–Crippen MR) is 160 cm³/mol. The largest absolute Gasteiger partial charge is 0.497 e. The third kappa shape index (κ3) is 9.14. The molecule has 0 aromatic heterocycles. The number of nitrogens with zero attached hydrogens (tertiary/aromatic N) is 2. The van der Waals surface area contributed by atoms with Crippen LogP contribution in [-0.2, 0) is 9.47 Å². The first-order valence-corrected chi connectivity index (χ1v) is 14.9. The number of esters is 2. The molecule has 4 rings (SSSR count). The maximum Gasteiger partial charge on any atom is 0.338 e. The first-order chi connectivity index (χ1) is 20.9. The number of carbonyl (C=O) groups excluding carboxylic acids is 2. The van der Waals surface area contributed by atoms with Crippen LogP contribution in [0.3, 0.4) is 0 Å². The lowest BCUT2D eigenvalue weighted by Gasteiger charge is -2.24. The maximum atomic E-state index is 13.3. The van der Waals surface area contributed by atoms with Gasteiger partial charge in [-0.25, -0.2) is 9.59 Å². The Bertz CT molecular complexity index is 1200. The lowest BCUT2D eigenvalue weighted by atomic mass is 10.1. The number of fused-ring (bicyclic) bond motifs is 5. The summed E-state index contributed by atoms with van der Waals surface area (Å²) in [5, 5.41) is 0. The molecule has 1 saturated heterocycles. The minimum absolute atomic E-state index is 0.317. The quantitative estimate of drug-likeness (QED) is 0.448. The van der Waals surface area contributed by atoms with Gasteiger partial charge < -0.3 is 43.0 Å². The molecule has 2 aromatic rings. The zero-order valence-corrected chi connectivity index (χ0v) is 25.7. The molecule has 11 heteroatoms. The molecular formula is C32H44N2O9. The normalized spacial score (nSPS) is 22.0. The van der Waals surface area contributed by atoms with E-state index in [9.17, 15) is 9.59 Å². The average Bonchev–Trinajstić information content (AvgIpc) is 3.27. The Morgan fingerprint density at radius 2 is 1.40 bits per heavy atom. The number of rotatable bonds is 6. The molecule has 0 aliphatic carbocycles. The lowest BCUT2D eigenvalue weighted by molar-refractivity contribution is 0.0221. The third-order valence-electron chi connectivity index (χ3n) is 7.77. The number of methoxy groups -OCH3 is 4. The van der Waals surface area contributed by atoms with Crippen LogP contribution in [0.1, 0.15) is 52.8 Å². The van der Waals surface area contributed by atoms with Gasteiger partial charge in [-0.3, -0.25) is 0 Å². The summed E-state index contributed by atoms with van der Waals surface area (Å²) in [6, 6.07) is 8.24. The summed E-state index contributed by atoms with van der Waals surface area (Å²) >= 11 is 0. The van der Waals surface area contributed by atoms with Crippen molar-refractivity contribution in [2.24, 2.45) is 0 Å². The van der Waals surface area contributed by atoms with Crippen molar-refractivity contribution < 1.29 is 42.7 Å². The van der Waals surface area contributed by atoms with E-state index in [0.717, 1.165) is 52.1 Å². The fraction of sp³-hybridized carbons (Fsp3) is 0.562. The van der Waals surface area contributed by atoms with E-state index in [4.69, 9.17) is 33.2 Å². The molecule has 11 nitrogen and oxygen atoms in total. The Balaban J connectivity index is 1.53. The van der Waals surface area contributed by atoms with Gasteiger partial charge in [0.1, 0.15) is 17.6 Å². The molecule has 0 saturated carbocycles. The maximum absolute atomic E-state index is 13.3. The first kappa shape index (κ1) is 32.2. The molecule has 2 heterocycles. The van der Waals surface area contributed by atoms with Crippen LogP contribution in [0.2, 0.25) is 0 Å². The number of cyclic esters (lactones) is 1. The summed E-state index contributed by atoms with van der Waals surface area (Å²) in [6.07, 6.45) is 3.36. The molecule has 2 aliphatic rings. The van der Waals surface area contributed by atoms with Gasteiger partial charge in [0.05, 0.1) is 52.8 Å². The van der Waals surface area contributed by atoms with Crippen molar-refractivity contribution in [3.05, 3.63) is 41.5 Å². The van der Waals surface area contributed by atoms with Crippen LogP contribution in [0.5, 0.6) is 28.7 Å². The lowest BCUT2D eigenvalue weighted by Crippen LogP contribution is -2.34. The van der Waals surface area contributed by atoms with Crippen molar-refractivity contribution in [3.8, 4) is 28.7 Å². The molecule has 0 amide bonds. The van der Waals surface area contributed by atoms with Crippen LogP contribution in [0.15, 0.2) is 30.3 Å². The van der Waals surface area contributed by atoms with E-state index >= 15 is 0 Å². The molecular weight excluding hydrogens is 556 g/mol. The van der Waals surface area contributed by atoms with Crippen LogP contribution < -0.4 is 23.7 Å². The van der Waals surface area contributed by atoms with Crippen LogP contribution >= 0.6 is 0 Å².